The number of ether oxygens (including phenoxy) is 1. The molecule has 0 bridgehead atoms. The van der Waals surface area contributed by atoms with Crippen molar-refractivity contribution in [1.82, 2.24) is 19.3 Å². The molecule has 0 N–H and O–H groups in total. The molecule has 0 aliphatic heterocycles. The smallest absolute Gasteiger partial charge is 0.159 e. The fourth-order valence-electron chi connectivity index (χ4n) is 2.70. The van der Waals surface area contributed by atoms with E-state index in [4.69, 9.17) is 21.3 Å². The molecule has 5 nitrogen and oxygen atoms in total. The van der Waals surface area contributed by atoms with E-state index in [1.807, 2.05) is 11.7 Å². The zero-order valence-electron chi connectivity index (χ0n) is 12.7. The topological polar surface area (TPSA) is 44.9 Å². The first-order valence-electron chi connectivity index (χ1n) is 7.15. The lowest BCUT2D eigenvalue weighted by Crippen LogP contribution is -2.17. The third-order valence-corrected chi connectivity index (χ3v) is 3.85. The van der Waals surface area contributed by atoms with Crippen molar-refractivity contribution in [1.29, 1.82) is 0 Å². The van der Waals surface area contributed by atoms with Crippen LogP contribution >= 0.6 is 11.6 Å². The second kappa shape index (κ2) is 6.59. The SMILES string of the molecule is CCCc1nn(C)c2c1nc(CCl)n2C(CC)COC. The highest BCUT2D eigenvalue weighted by molar-refractivity contribution is 6.16. The van der Waals surface area contributed by atoms with Gasteiger partial charge < -0.3 is 9.30 Å². The van der Waals surface area contributed by atoms with Gasteiger partial charge in [-0.15, -0.1) is 11.6 Å². The standard InChI is InChI=1S/C14H23ClN4O/c1-5-7-11-13-14(18(3)17-11)19(12(8-15)16-13)10(6-2)9-20-4/h10H,5-9H2,1-4H3. The van der Waals surface area contributed by atoms with Crippen molar-refractivity contribution in [3.8, 4) is 0 Å². The molecule has 0 saturated carbocycles. The van der Waals surface area contributed by atoms with Crippen LogP contribution in [0.25, 0.3) is 11.2 Å². The highest BCUT2D eigenvalue weighted by Crippen LogP contribution is 2.27. The van der Waals surface area contributed by atoms with Crippen LogP contribution in [0.1, 0.15) is 44.2 Å². The molecular formula is C14H23ClN4O. The van der Waals surface area contributed by atoms with Gasteiger partial charge in [0, 0.05) is 14.2 Å². The fraction of sp³-hybridized carbons (Fsp3) is 0.714. The zero-order chi connectivity index (χ0) is 14.7. The van der Waals surface area contributed by atoms with Gasteiger partial charge in [0.2, 0.25) is 0 Å². The van der Waals surface area contributed by atoms with Crippen LogP contribution in [-0.2, 0) is 24.1 Å². The predicted octanol–water partition coefficient (Wildman–Crippen LogP) is 3.06. The molecule has 0 amide bonds. The van der Waals surface area contributed by atoms with Gasteiger partial charge in [0.05, 0.1) is 24.2 Å². The highest BCUT2D eigenvalue weighted by Gasteiger charge is 2.22. The number of imidazole rings is 1. The monoisotopic (exact) mass is 298 g/mol. The summed E-state index contributed by atoms with van der Waals surface area (Å²) in [5, 5.41) is 4.60. The third kappa shape index (κ3) is 2.56. The molecular weight excluding hydrogens is 276 g/mol. The molecule has 0 saturated heterocycles. The van der Waals surface area contributed by atoms with Crippen molar-refractivity contribution < 1.29 is 4.74 Å². The maximum absolute atomic E-state index is 6.09. The Bertz CT molecular complexity index is 575. The molecule has 112 valence electrons. The minimum Gasteiger partial charge on any atom is -0.383 e. The molecule has 2 heterocycles. The van der Waals surface area contributed by atoms with E-state index in [1.165, 1.54) is 0 Å². The molecule has 20 heavy (non-hydrogen) atoms. The molecule has 6 heteroatoms. The molecule has 2 aromatic heterocycles. The maximum Gasteiger partial charge on any atom is 0.159 e. The number of fused-ring (bicyclic) bond motifs is 1. The summed E-state index contributed by atoms with van der Waals surface area (Å²) >= 11 is 6.09. The third-order valence-electron chi connectivity index (χ3n) is 3.61. The van der Waals surface area contributed by atoms with Crippen LogP contribution in [0.4, 0.5) is 0 Å². The van der Waals surface area contributed by atoms with E-state index in [9.17, 15) is 0 Å². The number of hydrogen-bond donors (Lipinski definition) is 0. The Hall–Kier alpha value is -1.07. The number of aryl methyl sites for hydroxylation is 2. The lowest BCUT2D eigenvalue weighted by atomic mass is 10.2. The summed E-state index contributed by atoms with van der Waals surface area (Å²) in [5.74, 6) is 1.30. The maximum atomic E-state index is 6.09. The lowest BCUT2D eigenvalue weighted by Gasteiger charge is -2.19. The van der Waals surface area contributed by atoms with E-state index in [0.29, 0.717) is 12.5 Å². The molecule has 1 unspecified atom stereocenters. The molecule has 0 fully saturated rings. The first kappa shape index (κ1) is 15.3. The Kier molecular flexibility index (Phi) is 5.05. The van der Waals surface area contributed by atoms with Gasteiger partial charge >= 0.3 is 0 Å². The highest BCUT2D eigenvalue weighted by atomic mass is 35.5. The molecule has 0 aliphatic rings. The minimum atomic E-state index is 0.239. The summed E-state index contributed by atoms with van der Waals surface area (Å²) in [7, 11) is 3.69. The number of rotatable bonds is 7. The number of nitrogens with zero attached hydrogens (tertiary/aromatic N) is 4. The normalized spacial score (nSPS) is 13.2. The fourth-order valence-corrected chi connectivity index (χ4v) is 2.89. The predicted molar refractivity (Wildman–Crippen MR) is 81.3 cm³/mol. The number of aromatic nitrogens is 4. The minimum absolute atomic E-state index is 0.239. The largest absolute Gasteiger partial charge is 0.383 e. The molecule has 1 atom stereocenters. The van der Waals surface area contributed by atoms with Crippen LogP contribution in [0.2, 0.25) is 0 Å². The van der Waals surface area contributed by atoms with E-state index < -0.39 is 0 Å². The second-order valence-corrected chi connectivity index (χ2v) is 5.31. The Morgan fingerprint density at radius 3 is 2.65 bits per heavy atom. The van der Waals surface area contributed by atoms with Crippen molar-refractivity contribution in [3.63, 3.8) is 0 Å². The van der Waals surface area contributed by atoms with Crippen molar-refractivity contribution >= 4 is 22.8 Å². The van der Waals surface area contributed by atoms with Gasteiger partial charge in [0.15, 0.2) is 5.65 Å². The van der Waals surface area contributed by atoms with Gasteiger partial charge in [0.1, 0.15) is 11.3 Å². The Morgan fingerprint density at radius 1 is 1.35 bits per heavy atom. The van der Waals surface area contributed by atoms with E-state index in [2.05, 4.69) is 23.5 Å². The Balaban J connectivity index is 2.61. The number of methoxy groups -OCH3 is 1. The van der Waals surface area contributed by atoms with Crippen LogP contribution in [0.3, 0.4) is 0 Å². The van der Waals surface area contributed by atoms with Gasteiger partial charge in [-0.1, -0.05) is 20.3 Å². The first-order chi connectivity index (χ1) is 9.67. The van der Waals surface area contributed by atoms with E-state index in [0.717, 1.165) is 41.9 Å². The molecule has 2 rings (SSSR count). The summed E-state index contributed by atoms with van der Waals surface area (Å²) in [5.41, 5.74) is 3.09. The number of halogens is 1. The quantitative estimate of drug-likeness (QED) is 0.738. The summed E-state index contributed by atoms with van der Waals surface area (Å²) < 4.78 is 9.45. The van der Waals surface area contributed by atoms with Crippen LogP contribution < -0.4 is 0 Å². The lowest BCUT2D eigenvalue weighted by molar-refractivity contribution is 0.153. The van der Waals surface area contributed by atoms with E-state index in [1.54, 1.807) is 7.11 Å². The average Bonchev–Trinajstić information content (AvgIpc) is 2.95. The molecule has 2 aromatic rings. The Morgan fingerprint density at radius 2 is 2.10 bits per heavy atom. The number of alkyl halides is 1. The molecule has 0 radical (unpaired) electrons. The van der Waals surface area contributed by atoms with Gasteiger partial charge in [-0.25, -0.2) is 4.98 Å². The van der Waals surface area contributed by atoms with Crippen molar-refractivity contribution in [2.24, 2.45) is 7.05 Å². The number of hydrogen-bond acceptors (Lipinski definition) is 3. The van der Waals surface area contributed by atoms with Crippen molar-refractivity contribution in [3.05, 3.63) is 11.5 Å². The van der Waals surface area contributed by atoms with E-state index in [-0.39, 0.29) is 6.04 Å². The second-order valence-electron chi connectivity index (χ2n) is 5.04. The summed E-state index contributed by atoms with van der Waals surface area (Å²) in [4.78, 5) is 4.71. The van der Waals surface area contributed by atoms with Gasteiger partial charge in [-0.3, -0.25) is 4.68 Å². The van der Waals surface area contributed by atoms with Crippen LogP contribution in [0.5, 0.6) is 0 Å². The first-order valence-corrected chi connectivity index (χ1v) is 7.68. The summed E-state index contributed by atoms with van der Waals surface area (Å²) in [6.07, 6.45) is 2.97. The van der Waals surface area contributed by atoms with Crippen LogP contribution in [0, 0.1) is 0 Å². The van der Waals surface area contributed by atoms with Crippen LogP contribution in [0.15, 0.2) is 0 Å². The Labute approximate surface area is 124 Å². The van der Waals surface area contributed by atoms with Gasteiger partial charge in [-0.05, 0) is 12.8 Å². The van der Waals surface area contributed by atoms with E-state index >= 15 is 0 Å². The van der Waals surface area contributed by atoms with Gasteiger partial charge in [0.25, 0.3) is 0 Å². The molecule has 0 spiro atoms. The van der Waals surface area contributed by atoms with Gasteiger partial charge in [-0.2, -0.15) is 5.10 Å². The molecule has 0 aliphatic carbocycles. The average molecular weight is 299 g/mol. The van der Waals surface area contributed by atoms with Crippen molar-refractivity contribution in [2.45, 2.75) is 45.0 Å². The zero-order valence-corrected chi connectivity index (χ0v) is 13.4. The van der Waals surface area contributed by atoms with Crippen molar-refractivity contribution in [2.75, 3.05) is 13.7 Å². The summed E-state index contributed by atoms with van der Waals surface area (Å²) in [6.45, 7) is 4.96. The van der Waals surface area contributed by atoms with Crippen LogP contribution in [-0.4, -0.2) is 33.0 Å². The molecule has 0 aromatic carbocycles. The summed E-state index contributed by atoms with van der Waals surface area (Å²) in [6, 6.07) is 0.239.